The van der Waals surface area contributed by atoms with Crippen LogP contribution in [0.2, 0.25) is 5.02 Å². The summed E-state index contributed by atoms with van der Waals surface area (Å²) in [4.78, 5) is 29.9. The molecule has 0 saturated heterocycles. The molecule has 0 fully saturated rings. The number of nitrogens with zero attached hydrogens (tertiary/aromatic N) is 4. The Labute approximate surface area is 187 Å². The summed E-state index contributed by atoms with van der Waals surface area (Å²) in [7, 11) is 0. The zero-order valence-electron chi connectivity index (χ0n) is 16.4. The van der Waals surface area contributed by atoms with E-state index in [-0.39, 0.29) is 11.1 Å². The zero-order chi connectivity index (χ0) is 22.5. The minimum absolute atomic E-state index is 0.107. The van der Waals surface area contributed by atoms with Gasteiger partial charge in [0.25, 0.3) is 11.8 Å². The molecule has 7 nitrogen and oxygen atoms in total. The summed E-state index contributed by atoms with van der Waals surface area (Å²) in [5.74, 6) is -1.86. The number of hydrogen-bond acceptors (Lipinski definition) is 5. The maximum absolute atomic E-state index is 13.3. The van der Waals surface area contributed by atoms with Gasteiger partial charge in [0.2, 0.25) is 0 Å². The SMILES string of the molecule is O=C(c1ccncc1)N(/N=C/c1cn[nH]c1-c1ccc(Cl)cc1)C(=O)c1ccc(F)cc1. The summed E-state index contributed by atoms with van der Waals surface area (Å²) in [6.45, 7) is 0. The van der Waals surface area contributed by atoms with Crippen molar-refractivity contribution in [1.82, 2.24) is 20.2 Å². The van der Waals surface area contributed by atoms with Gasteiger partial charge >= 0.3 is 0 Å². The third kappa shape index (κ3) is 4.60. The first-order valence-corrected chi connectivity index (χ1v) is 9.78. The van der Waals surface area contributed by atoms with E-state index in [1.54, 1.807) is 24.3 Å². The molecular weight excluding hydrogens is 433 g/mol. The van der Waals surface area contributed by atoms with Crippen LogP contribution in [-0.2, 0) is 0 Å². The van der Waals surface area contributed by atoms with Crippen LogP contribution in [0, 0.1) is 5.82 Å². The van der Waals surface area contributed by atoms with Crippen molar-refractivity contribution >= 4 is 29.6 Å². The molecule has 158 valence electrons. The number of nitrogens with one attached hydrogen (secondary N) is 1. The van der Waals surface area contributed by atoms with Crippen LogP contribution in [0.5, 0.6) is 0 Å². The van der Waals surface area contributed by atoms with Gasteiger partial charge in [-0.1, -0.05) is 23.7 Å². The molecule has 0 spiro atoms. The number of carbonyl (C=O) groups is 2. The van der Waals surface area contributed by atoms with Gasteiger partial charge in [-0.25, -0.2) is 4.39 Å². The van der Waals surface area contributed by atoms with E-state index in [0.29, 0.717) is 16.3 Å². The number of pyridine rings is 1. The van der Waals surface area contributed by atoms with E-state index in [4.69, 9.17) is 11.6 Å². The highest BCUT2D eigenvalue weighted by molar-refractivity contribution is 6.30. The fourth-order valence-corrected chi connectivity index (χ4v) is 3.02. The van der Waals surface area contributed by atoms with Crippen molar-refractivity contribution in [2.75, 3.05) is 0 Å². The second kappa shape index (κ2) is 9.32. The van der Waals surface area contributed by atoms with Crippen molar-refractivity contribution < 1.29 is 14.0 Å². The lowest BCUT2D eigenvalue weighted by atomic mass is 10.1. The Kier molecular flexibility index (Phi) is 6.14. The van der Waals surface area contributed by atoms with Crippen molar-refractivity contribution in [3.05, 3.63) is 107 Å². The quantitative estimate of drug-likeness (QED) is 0.275. The van der Waals surface area contributed by atoms with Crippen LogP contribution in [0.4, 0.5) is 4.39 Å². The molecule has 1 N–H and O–H groups in total. The minimum Gasteiger partial charge on any atom is -0.277 e. The molecule has 2 amide bonds. The fraction of sp³-hybridized carbons (Fsp3) is 0. The molecule has 0 unspecified atom stereocenters. The Morgan fingerprint density at radius 1 is 0.938 bits per heavy atom. The largest absolute Gasteiger partial charge is 0.281 e. The van der Waals surface area contributed by atoms with Crippen LogP contribution in [0.1, 0.15) is 26.3 Å². The summed E-state index contributed by atoms with van der Waals surface area (Å²) >= 11 is 5.95. The molecule has 0 atom stereocenters. The Morgan fingerprint density at radius 2 is 1.56 bits per heavy atom. The highest BCUT2D eigenvalue weighted by atomic mass is 35.5. The smallest absolute Gasteiger partial charge is 0.277 e. The van der Waals surface area contributed by atoms with Gasteiger partial charge in [-0.15, -0.1) is 0 Å². The van der Waals surface area contributed by atoms with Gasteiger partial charge in [-0.2, -0.15) is 15.2 Å². The Hall–Kier alpha value is -4.17. The van der Waals surface area contributed by atoms with Gasteiger partial charge in [-0.3, -0.25) is 19.7 Å². The number of halogens is 2. The molecule has 2 aromatic heterocycles. The molecular formula is C23H15ClFN5O2. The predicted molar refractivity (Wildman–Crippen MR) is 118 cm³/mol. The second-order valence-corrected chi connectivity index (χ2v) is 7.05. The van der Waals surface area contributed by atoms with Gasteiger partial charge in [0, 0.05) is 39.7 Å². The summed E-state index contributed by atoms with van der Waals surface area (Å²) < 4.78 is 13.3. The molecule has 0 bridgehead atoms. The van der Waals surface area contributed by atoms with Gasteiger partial charge in [0.05, 0.1) is 18.1 Å². The average molecular weight is 448 g/mol. The number of carbonyl (C=O) groups excluding carboxylic acids is 2. The first kappa shape index (κ1) is 21.1. The molecule has 9 heteroatoms. The van der Waals surface area contributed by atoms with Crippen LogP contribution in [0.25, 0.3) is 11.3 Å². The Balaban J connectivity index is 1.70. The summed E-state index contributed by atoms with van der Waals surface area (Å²) in [6, 6.07) is 14.9. The molecule has 2 heterocycles. The summed E-state index contributed by atoms with van der Waals surface area (Å²) in [6.07, 6.45) is 5.75. The first-order chi connectivity index (χ1) is 15.5. The average Bonchev–Trinajstić information content (AvgIpc) is 3.29. The van der Waals surface area contributed by atoms with Crippen LogP contribution in [0.3, 0.4) is 0 Å². The lowest BCUT2D eigenvalue weighted by Crippen LogP contribution is -2.32. The number of hydrogen-bond donors (Lipinski definition) is 1. The van der Waals surface area contributed by atoms with E-state index in [1.165, 1.54) is 49.1 Å². The van der Waals surface area contributed by atoms with Crippen molar-refractivity contribution in [3.8, 4) is 11.3 Å². The van der Waals surface area contributed by atoms with E-state index in [1.807, 2.05) is 0 Å². The van der Waals surface area contributed by atoms with E-state index in [2.05, 4.69) is 20.3 Å². The van der Waals surface area contributed by atoms with Crippen LogP contribution in [-0.4, -0.2) is 38.2 Å². The lowest BCUT2D eigenvalue weighted by Gasteiger charge is -2.15. The number of H-pyrrole nitrogens is 1. The maximum Gasteiger partial charge on any atom is 0.281 e. The number of aromatic nitrogens is 3. The number of imide groups is 1. The van der Waals surface area contributed by atoms with Gasteiger partial charge in [-0.05, 0) is 48.5 Å². The predicted octanol–water partition coefficient (Wildman–Crippen LogP) is 4.58. The first-order valence-electron chi connectivity index (χ1n) is 9.40. The molecule has 32 heavy (non-hydrogen) atoms. The zero-order valence-corrected chi connectivity index (χ0v) is 17.2. The van der Waals surface area contributed by atoms with Crippen molar-refractivity contribution in [2.45, 2.75) is 0 Å². The van der Waals surface area contributed by atoms with Gasteiger partial charge in [0.15, 0.2) is 0 Å². The highest BCUT2D eigenvalue weighted by Gasteiger charge is 2.24. The molecule has 0 saturated carbocycles. The van der Waals surface area contributed by atoms with E-state index in [0.717, 1.165) is 22.7 Å². The third-order valence-corrected chi connectivity index (χ3v) is 4.77. The van der Waals surface area contributed by atoms with Crippen LogP contribution >= 0.6 is 11.6 Å². The van der Waals surface area contributed by atoms with Gasteiger partial charge in [0.1, 0.15) is 5.82 Å². The topological polar surface area (TPSA) is 91.3 Å². The Morgan fingerprint density at radius 3 is 2.22 bits per heavy atom. The summed E-state index contributed by atoms with van der Waals surface area (Å²) in [5, 5.41) is 12.4. The summed E-state index contributed by atoms with van der Waals surface area (Å²) in [5.41, 5.74) is 2.31. The van der Waals surface area contributed by atoms with Crippen molar-refractivity contribution in [2.24, 2.45) is 5.10 Å². The molecule has 0 aliphatic carbocycles. The third-order valence-electron chi connectivity index (χ3n) is 4.52. The molecule has 4 rings (SSSR count). The number of hydrazone groups is 1. The Bertz CT molecular complexity index is 1270. The molecule has 0 aliphatic rings. The highest BCUT2D eigenvalue weighted by Crippen LogP contribution is 2.22. The molecule has 4 aromatic rings. The molecule has 0 aliphatic heterocycles. The van der Waals surface area contributed by atoms with Crippen LogP contribution in [0.15, 0.2) is 84.4 Å². The van der Waals surface area contributed by atoms with Gasteiger partial charge < -0.3 is 0 Å². The second-order valence-electron chi connectivity index (χ2n) is 6.62. The monoisotopic (exact) mass is 447 g/mol. The lowest BCUT2D eigenvalue weighted by molar-refractivity contribution is 0.0621. The van der Waals surface area contributed by atoms with Crippen molar-refractivity contribution in [3.63, 3.8) is 0 Å². The van der Waals surface area contributed by atoms with E-state index >= 15 is 0 Å². The fourth-order valence-electron chi connectivity index (χ4n) is 2.89. The van der Waals surface area contributed by atoms with E-state index in [9.17, 15) is 14.0 Å². The molecule has 0 radical (unpaired) electrons. The standard InChI is InChI=1S/C23H15ClFN5O2/c24-19-5-1-15(2-6-19)21-18(13-27-29-21)14-28-30(23(32)17-9-11-26-12-10-17)22(31)16-3-7-20(25)8-4-16/h1-14H,(H,27,29)/b28-14+. The normalized spacial score (nSPS) is 10.9. The molecule has 2 aromatic carbocycles. The van der Waals surface area contributed by atoms with Crippen molar-refractivity contribution in [1.29, 1.82) is 0 Å². The van der Waals surface area contributed by atoms with E-state index < -0.39 is 17.6 Å². The maximum atomic E-state index is 13.3. The number of aromatic amines is 1. The number of rotatable bonds is 5. The minimum atomic E-state index is -0.709. The number of benzene rings is 2. The van der Waals surface area contributed by atoms with Crippen LogP contribution < -0.4 is 0 Å². The number of amides is 2.